The predicted molar refractivity (Wildman–Crippen MR) is 68.8 cm³/mol. The van der Waals surface area contributed by atoms with Gasteiger partial charge in [0.25, 0.3) is 0 Å². The van der Waals surface area contributed by atoms with Crippen LogP contribution in [0.25, 0.3) is 0 Å². The van der Waals surface area contributed by atoms with Crippen LogP contribution in [0.5, 0.6) is 0 Å². The summed E-state index contributed by atoms with van der Waals surface area (Å²) in [7, 11) is 3.47. The summed E-state index contributed by atoms with van der Waals surface area (Å²) in [6.45, 7) is 0. The summed E-state index contributed by atoms with van der Waals surface area (Å²) in [5.41, 5.74) is 0.185. The van der Waals surface area contributed by atoms with Gasteiger partial charge in [0.1, 0.15) is 11.6 Å². The highest BCUT2D eigenvalue weighted by molar-refractivity contribution is 6.28. The maximum absolute atomic E-state index is 13.1. The molecule has 100 valence electrons. The Bertz CT molecular complexity index is 585. The highest BCUT2D eigenvalue weighted by Crippen LogP contribution is 2.18. The van der Waals surface area contributed by atoms with E-state index in [0.717, 1.165) is 18.2 Å². The van der Waals surface area contributed by atoms with Gasteiger partial charge in [-0.1, -0.05) is 0 Å². The first-order valence-electron chi connectivity index (χ1n) is 5.26. The second-order valence-electron chi connectivity index (χ2n) is 3.91. The summed E-state index contributed by atoms with van der Waals surface area (Å²) in [6.07, 6.45) is 0. The van der Waals surface area contributed by atoms with Crippen molar-refractivity contribution in [3.8, 4) is 0 Å². The van der Waals surface area contributed by atoms with Crippen LogP contribution in [0.2, 0.25) is 5.28 Å². The van der Waals surface area contributed by atoms with Crippen LogP contribution in [0.4, 0.5) is 26.4 Å². The van der Waals surface area contributed by atoms with Crippen LogP contribution in [0.3, 0.4) is 0 Å². The first kappa shape index (κ1) is 13.4. The highest BCUT2D eigenvalue weighted by Gasteiger charge is 2.08. The molecule has 0 fully saturated rings. The largest absolute Gasteiger partial charge is 0.347 e. The molecule has 0 saturated heterocycles. The third-order valence-corrected chi connectivity index (χ3v) is 2.28. The Morgan fingerprint density at radius 2 is 1.68 bits per heavy atom. The number of nitrogens with zero attached hydrogens (tertiary/aromatic N) is 4. The summed E-state index contributed by atoms with van der Waals surface area (Å²) in [5, 5.41) is 2.65. The van der Waals surface area contributed by atoms with E-state index >= 15 is 0 Å². The van der Waals surface area contributed by atoms with Crippen molar-refractivity contribution in [3.05, 3.63) is 35.1 Å². The van der Waals surface area contributed by atoms with Crippen LogP contribution in [0.15, 0.2) is 18.2 Å². The SMILES string of the molecule is CN(C)c1nc(Cl)nc(Nc2cc(F)cc(F)c2)n1. The Hall–Kier alpha value is -2.02. The van der Waals surface area contributed by atoms with Crippen molar-refractivity contribution in [1.29, 1.82) is 0 Å². The molecule has 0 bridgehead atoms. The van der Waals surface area contributed by atoms with E-state index in [0.29, 0.717) is 5.95 Å². The van der Waals surface area contributed by atoms with Crippen LogP contribution < -0.4 is 10.2 Å². The van der Waals surface area contributed by atoms with Gasteiger partial charge in [-0.25, -0.2) is 8.78 Å². The summed E-state index contributed by atoms with van der Waals surface area (Å²) >= 11 is 5.75. The van der Waals surface area contributed by atoms with Gasteiger partial charge >= 0.3 is 0 Å². The number of halogens is 3. The molecule has 0 aliphatic heterocycles. The minimum atomic E-state index is -0.699. The standard InChI is InChI=1S/C11H10ClF2N5/c1-19(2)11-17-9(12)16-10(18-11)15-8-4-6(13)3-7(14)5-8/h3-5H,1-2H3,(H,15,16,17,18). The van der Waals surface area contributed by atoms with Crippen LogP contribution >= 0.6 is 11.6 Å². The Morgan fingerprint density at radius 1 is 1.05 bits per heavy atom. The summed E-state index contributed by atoms with van der Waals surface area (Å²) in [4.78, 5) is 13.4. The van der Waals surface area contributed by atoms with E-state index < -0.39 is 11.6 Å². The maximum atomic E-state index is 13.1. The van der Waals surface area contributed by atoms with Gasteiger partial charge in [0.05, 0.1) is 0 Å². The van der Waals surface area contributed by atoms with Crippen molar-refractivity contribution < 1.29 is 8.78 Å². The number of benzene rings is 1. The maximum Gasteiger partial charge on any atom is 0.233 e. The monoisotopic (exact) mass is 285 g/mol. The summed E-state index contributed by atoms with van der Waals surface area (Å²) in [5.74, 6) is -0.959. The Labute approximate surface area is 113 Å². The molecule has 1 aromatic carbocycles. The molecule has 0 unspecified atom stereocenters. The quantitative estimate of drug-likeness (QED) is 0.939. The smallest absolute Gasteiger partial charge is 0.233 e. The van der Waals surface area contributed by atoms with Gasteiger partial charge in [0.15, 0.2) is 0 Å². The molecule has 1 N–H and O–H groups in total. The zero-order valence-corrected chi connectivity index (χ0v) is 10.9. The number of nitrogens with one attached hydrogen (secondary N) is 1. The third-order valence-electron chi connectivity index (χ3n) is 2.12. The molecule has 0 atom stereocenters. The zero-order valence-electron chi connectivity index (χ0n) is 10.2. The van der Waals surface area contributed by atoms with Crippen molar-refractivity contribution in [2.24, 2.45) is 0 Å². The molecule has 2 rings (SSSR count). The lowest BCUT2D eigenvalue weighted by Gasteiger charge is -2.11. The molecule has 2 aromatic rings. The second-order valence-corrected chi connectivity index (χ2v) is 4.24. The molecule has 0 saturated carbocycles. The van der Waals surface area contributed by atoms with E-state index in [2.05, 4.69) is 20.3 Å². The molecule has 1 heterocycles. The number of hydrogen-bond donors (Lipinski definition) is 1. The lowest BCUT2D eigenvalue weighted by Crippen LogP contribution is -2.14. The first-order valence-corrected chi connectivity index (χ1v) is 5.64. The van der Waals surface area contributed by atoms with Gasteiger partial charge in [-0.2, -0.15) is 15.0 Å². The van der Waals surface area contributed by atoms with Gasteiger partial charge in [-0.3, -0.25) is 0 Å². The van der Waals surface area contributed by atoms with E-state index in [1.54, 1.807) is 19.0 Å². The lowest BCUT2D eigenvalue weighted by atomic mass is 10.3. The molecule has 0 aliphatic rings. The molecule has 0 radical (unpaired) electrons. The Balaban J connectivity index is 2.32. The van der Waals surface area contributed by atoms with E-state index in [-0.39, 0.29) is 16.9 Å². The molecule has 0 amide bonds. The van der Waals surface area contributed by atoms with E-state index in [1.165, 1.54) is 0 Å². The van der Waals surface area contributed by atoms with E-state index in [1.807, 2.05) is 0 Å². The van der Waals surface area contributed by atoms with E-state index in [9.17, 15) is 8.78 Å². The second kappa shape index (κ2) is 5.31. The topological polar surface area (TPSA) is 53.9 Å². The predicted octanol–water partition coefficient (Wildman–Crippen LogP) is 2.61. The van der Waals surface area contributed by atoms with Crippen molar-refractivity contribution >= 4 is 29.2 Å². The fourth-order valence-corrected chi connectivity index (χ4v) is 1.51. The average Bonchev–Trinajstić information content (AvgIpc) is 2.26. The van der Waals surface area contributed by atoms with Gasteiger partial charge in [0, 0.05) is 25.8 Å². The first-order chi connectivity index (χ1) is 8.94. The number of anilines is 3. The van der Waals surface area contributed by atoms with E-state index in [4.69, 9.17) is 11.6 Å². The van der Waals surface area contributed by atoms with Crippen molar-refractivity contribution in [2.45, 2.75) is 0 Å². The molecule has 8 heteroatoms. The summed E-state index contributed by atoms with van der Waals surface area (Å²) < 4.78 is 26.1. The molecule has 0 aliphatic carbocycles. The summed E-state index contributed by atoms with van der Waals surface area (Å²) in [6, 6.07) is 3.02. The zero-order chi connectivity index (χ0) is 14.0. The fourth-order valence-electron chi connectivity index (χ4n) is 1.35. The van der Waals surface area contributed by atoms with Crippen LogP contribution in [0, 0.1) is 11.6 Å². The Kier molecular flexibility index (Phi) is 3.75. The van der Waals surface area contributed by atoms with Gasteiger partial charge < -0.3 is 10.2 Å². The highest BCUT2D eigenvalue weighted by atomic mass is 35.5. The number of rotatable bonds is 3. The Morgan fingerprint density at radius 3 is 2.26 bits per heavy atom. The third kappa shape index (κ3) is 3.47. The van der Waals surface area contributed by atoms with Crippen molar-refractivity contribution in [2.75, 3.05) is 24.3 Å². The lowest BCUT2D eigenvalue weighted by molar-refractivity contribution is 0.584. The van der Waals surface area contributed by atoms with Gasteiger partial charge in [0.2, 0.25) is 17.2 Å². The molecule has 1 aromatic heterocycles. The molecular formula is C11H10ClF2N5. The molecular weight excluding hydrogens is 276 g/mol. The number of hydrogen-bond acceptors (Lipinski definition) is 5. The molecule has 5 nitrogen and oxygen atoms in total. The van der Waals surface area contributed by atoms with Gasteiger partial charge in [-0.05, 0) is 23.7 Å². The fraction of sp³-hybridized carbons (Fsp3) is 0.182. The minimum Gasteiger partial charge on any atom is -0.347 e. The van der Waals surface area contributed by atoms with Gasteiger partial charge in [-0.15, -0.1) is 0 Å². The minimum absolute atomic E-state index is 0.0157. The molecule has 19 heavy (non-hydrogen) atoms. The van der Waals surface area contributed by atoms with Crippen LogP contribution in [-0.4, -0.2) is 29.0 Å². The molecule has 0 spiro atoms. The normalized spacial score (nSPS) is 10.4. The van der Waals surface area contributed by atoms with Crippen molar-refractivity contribution in [3.63, 3.8) is 0 Å². The average molecular weight is 286 g/mol. The van der Waals surface area contributed by atoms with Crippen LogP contribution in [0.1, 0.15) is 0 Å². The van der Waals surface area contributed by atoms with Crippen molar-refractivity contribution in [1.82, 2.24) is 15.0 Å². The number of aromatic nitrogens is 3. The van der Waals surface area contributed by atoms with Crippen LogP contribution in [-0.2, 0) is 0 Å².